The van der Waals surface area contributed by atoms with Crippen LogP contribution in [0.25, 0.3) is 0 Å². The molecule has 0 aliphatic heterocycles. The number of aliphatic hydroxyl groups is 1. The number of nitrogens with one attached hydrogen (secondary N) is 1. The van der Waals surface area contributed by atoms with E-state index in [2.05, 4.69) is 11.4 Å². The second-order valence-corrected chi connectivity index (χ2v) is 4.96. The van der Waals surface area contributed by atoms with Crippen molar-refractivity contribution in [2.75, 3.05) is 6.61 Å². The van der Waals surface area contributed by atoms with Crippen molar-refractivity contribution in [2.45, 2.75) is 32.7 Å². The summed E-state index contributed by atoms with van der Waals surface area (Å²) in [5, 5.41) is 12.2. The molecule has 0 radical (unpaired) electrons. The third-order valence-electron chi connectivity index (χ3n) is 3.63. The van der Waals surface area contributed by atoms with Gasteiger partial charge in [0.25, 0.3) is 0 Å². The van der Waals surface area contributed by atoms with Gasteiger partial charge in [-0.3, -0.25) is 4.79 Å². The van der Waals surface area contributed by atoms with Crippen molar-refractivity contribution >= 4 is 5.91 Å². The zero-order chi connectivity index (χ0) is 12.3. The average Bonchev–Trinajstić information content (AvgIpc) is 2.26. The molecule has 92 valence electrons. The summed E-state index contributed by atoms with van der Waals surface area (Å²) in [6, 6.07) is 8.08. The molecule has 0 saturated heterocycles. The van der Waals surface area contributed by atoms with Gasteiger partial charge in [-0.15, -0.1) is 0 Å². The number of carbonyl (C=O) groups excluding carboxylic acids is 1. The highest BCUT2D eigenvalue weighted by atomic mass is 16.3. The molecule has 0 heterocycles. The lowest BCUT2D eigenvalue weighted by Gasteiger charge is -2.38. The summed E-state index contributed by atoms with van der Waals surface area (Å²) in [6.07, 6.45) is 2.66. The highest BCUT2D eigenvalue weighted by molar-refractivity contribution is 5.83. The van der Waals surface area contributed by atoms with Crippen molar-refractivity contribution in [2.24, 2.45) is 5.41 Å². The summed E-state index contributed by atoms with van der Waals surface area (Å²) in [5.74, 6) is -0.00671. The first-order valence-corrected chi connectivity index (χ1v) is 6.11. The Bertz CT molecular complexity index is 405. The van der Waals surface area contributed by atoms with E-state index in [-0.39, 0.29) is 12.5 Å². The molecule has 0 aromatic heterocycles. The second-order valence-electron chi connectivity index (χ2n) is 4.96. The first-order valence-electron chi connectivity index (χ1n) is 6.11. The first-order chi connectivity index (χ1) is 8.16. The van der Waals surface area contributed by atoms with Crippen molar-refractivity contribution in [3.63, 3.8) is 0 Å². The van der Waals surface area contributed by atoms with Crippen molar-refractivity contribution in [3.8, 4) is 0 Å². The van der Waals surface area contributed by atoms with Crippen LogP contribution in [0.5, 0.6) is 0 Å². The molecule has 0 bridgehead atoms. The lowest BCUT2D eigenvalue weighted by Crippen LogP contribution is -2.47. The Balaban J connectivity index is 1.92. The molecule has 1 fully saturated rings. The summed E-state index contributed by atoms with van der Waals surface area (Å²) in [4.78, 5) is 12.0. The van der Waals surface area contributed by atoms with E-state index in [1.165, 1.54) is 5.56 Å². The van der Waals surface area contributed by atoms with E-state index >= 15 is 0 Å². The summed E-state index contributed by atoms with van der Waals surface area (Å²) < 4.78 is 0. The van der Waals surface area contributed by atoms with Gasteiger partial charge in [-0.1, -0.05) is 36.2 Å². The maximum Gasteiger partial charge on any atom is 0.228 e. The van der Waals surface area contributed by atoms with Gasteiger partial charge in [0.2, 0.25) is 5.91 Å². The number of aryl methyl sites for hydroxylation is 1. The topological polar surface area (TPSA) is 49.3 Å². The van der Waals surface area contributed by atoms with Crippen molar-refractivity contribution < 1.29 is 9.90 Å². The molecule has 1 aromatic rings. The third kappa shape index (κ3) is 2.50. The maximum absolute atomic E-state index is 12.0. The molecule has 3 nitrogen and oxygen atoms in total. The van der Waals surface area contributed by atoms with Crippen molar-refractivity contribution in [3.05, 3.63) is 35.4 Å². The lowest BCUT2D eigenvalue weighted by atomic mass is 9.68. The van der Waals surface area contributed by atoms with E-state index in [9.17, 15) is 9.90 Å². The van der Waals surface area contributed by atoms with Crippen LogP contribution in [0.3, 0.4) is 0 Å². The highest BCUT2D eigenvalue weighted by Crippen LogP contribution is 2.40. The number of hydrogen-bond donors (Lipinski definition) is 2. The normalized spacial score (nSPS) is 17.3. The third-order valence-corrected chi connectivity index (χ3v) is 3.63. The maximum atomic E-state index is 12.0. The van der Waals surface area contributed by atoms with Crippen LogP contribution in [0.15, 0.2) is 24.3 Å². The zero-order valence-electron chi connectivity index (χ0n) is 10.2. The largest absolute Gasteiger partial charge is 0.395 e. The summed E-state index contributed by atoms with van der Waals surface area (Å²) in [5.41, 5.74) is 1.80. The van der Waals surface area contributed by atoms with Crippen LogP contribution in [0.4, 0.5) is 0 Å². The molecule has 2 rings (SSSR count). The molecular formula is C14H19NO2. The fraction of sp³-hybridized carbons (Fsp3) is 0.500. The summed E-state index contributed by atoms with van der Waals surface area (Å²) >= 11 is 0. The number of carbonyl (C=O) groups is 1. The molecule has 1 aliphatic rings. The van der Waals surface area contributed by atoms with E-state index in [1.54, 1.807) is 0 Å². The lowest BCUT2D eigenvalue weighted by molar-refractivity contribution is -0.139. The van der Waals surface area contributed by atoms with E-state index in [1.807, 2.05) is 25.1 Å². The van der Waals surface area contributed by atoms with Gasteiger partial charge in [-0.25, -0.2) is 0 Å². The molecule has 1 aromatic carbocycles. The van der Waals surface area contributed by atoms with Crippen LogP contribution in [0.2, 0.25) is 0 Å². The zero-order valence-corrected chi connectivity index (χ0v) is 10.2. The highest BCUT2D eigenvalue weighted by Gasteiger charge is 2.43. The molecule has 0 atom stereocenters. The fourth-order valence-corrected chi connectivity index (χ4v) is 2.25. The van der Waals surface area contributed by atoms with Gasteiger partial charge in [0, 0.05) is 6.54 Å². The summed E-state index contributed by atoms with van der Waals surface area (Å²) in [6.45, 7) is 2.54. The predicted molar refractivity (Wildman–Crippen MR) is 66.4 cm³/mol. The van der Waals surface area contributed by atoms with Gasteiger partial charge in [0.05, 0.1) is 12.0 Å². The van der Waals surface area contributed by atoms with E-state index in [0.717, 1.165) is 24.8 Å². The molecule has 17 heavy (non-hydrogen) atoms. The number of hydrogen-bond acceptors (Lipinski definition) is 2. The van der Waals surface area contributed by atoms with Gasteiger partial charge in [0.15, 0.2) is 0 Å². The molecule has 3 heteroatoms. The Morgan fingerprint density at radius 3 is 2.76 bits per heavy atom. The van der Waals surface area contributed by atoms with Gasteiger partial charge in [0.1, 0.15) is 0 Å². The van der Waals surface area contributed by atoms with Crippen LogP contribution in [-0.4, -0.2) is 17.6 Å². The molecule has 1 aliphatic carbocycles. The van der Waals surface area contributed by atoms with Crippen molar-refractivity contribution in [1.82, 2.24) is 5.32 Å². The Hall–Kier alpha value is -1.35. The van der Waals surface area contributed by atoms with Gasteiger partial charge in [-0.05, 0) is 25.3 Å². The Morgan fingerprint density at radius 1 is 1.47 bits per heavy atom. The minimum Gasteiger partial charge on any atom is -0.395 e. The monoisotopic (exact) mass is 233 g/mol. The average molecular weight is 233 g/mol. The Morgan fingerprint density at radius 2 is 2.24 bits per heavy atom. The number of aliphatic hydroxyl groups excluding tert-OH is 1. The van der Waals surface area contributed by atoms with Crippen LogP contribution < -0.4 is 5.32 Å². The second kappa shape index (κ2) is 4.88. The predicted octanol–water partition coefficient (Wildman–Crippen LogP) is 1.77. The van der Waals surface area contributed by atoms with E-state index < -0.39 is 5.41 Å². The number of amides is 1. The fourth-order valence-electron chi connectivity index (χ4n) is 2.25. The molecule has 1 saturated carbocycles. The molecular weight excluding hydrogens is 214 g/mol. The summed E-state index contributed by atoms with van der Waals surface area (Å²) in [7, 11) is 0. The van der Waals surface area contributed by atoms with Crippen LogP contribution in [0.1, 0.15) is 30.4 Å². The van der Waals surface area contributed by atoms with E-state index in [0.29, 0.717) is 6.54 Å². The molecule has 0 spiro atoms. The quantitative estimate of drug-likeness (QED) is 0.832. The van der Waals surface area contributed by atoms with Gasteiger partial charge >= 0.3 is 0 Å². The Kier molecular flexibility index (Phi) is 3.48. The standard InChI is InChI=1S/C14H19NO2/c1-11-4-2-5-12(8-11)9-15-13(17)14(10-16)6-3-7-14/h2,4-5,8,16H,3,6-7,9-10H2,1H3,(H,15,17). The molecule has 2 N–H and O–H groups in total. The van der Waals surface area contributed by atoms with E-state index in [4.69, 9.17) is 0 Å². The van der Waals surface area contributed by atoms with Crippen LogP contribution >= 0.6 is 0 Å². The molecule has 1 amide bonds. The number of benzene rings is 1. The van der Waals surface area contributed by atoms with Crippen LogP contribution in [0, 0.1) is 12.3 Å². The van der Waals surface area contributed by atoms with Gasteiger partial charge in [-0.2, -0.15) is 0 Å². The van der Waals surface area contributed by atoms with Crippen LogP contribution in [-0.2, 0) is 11.3 Å². The number of rotatable bonds is 4. The Labute approximate surface area is 102 Å². The smallest absolute Gasteiger partial charge is 0.228 e. The minimum absolute atomic E-state index is 0.00671. The SMILES string of the molecule is Cc1cccc(CNC(=O)C2(CO)CCC2)c1. The van der Waals surface area contributed by atoms with Gasteiger partial charge < -0.3 is 10.4 Å². The molecule has 0 unspecified atom stereocenters. The minimum atomic E-state index is -0.496. The first kappa shape index (κ1) is 12.1. The van der Waals surface area contributed by atoms with Crippen molar-refractivity contribution in [1.29, 1.82) is 0 Å².